The standard InChI is InChI=1S/C15H18BrN3/c1-3-18-14(15-11(2)5-4-6-19-15)8-12-7-13(16)10-17-9-12/h4-7,9-10,14,18H,3,8H2,1-2H3. The number of aryl methyl sites for hydroxylation is 1. The van der Waals surface area contributed by atoms with Gasteiger partial charge in [0.15, 0.2) is 0 Å². The van der Waals surface area contributed by atoms with E-state index < -0.39 is 0 Å². The Morgan fingerprint density at radius 3 is 2.89 bits per heavy atom. The first kappa shape index (κ1) is 14.2. The van der Waals surface area contributed by atoms with Gasteiger partial charge in [0.2, 0.25) is 0 Å². The van der Waals surface area contributed by atoms with Crippen LogP contribution in [0, 0.1) is 6.92 Å². The molecule has 2 rings (SSSR count). The summed E-state index contributed by atoms with van der Waals surface area (Å²) in [5.41, 5.74) is 3.53. The fraction of sp³-hybridized carbons (Fsp3) is 0.333. The van der Waals surface area contributed by atoms with Crippen molar-refractivity contribution < 1.29 is 0 Å². The largest absolute Gasteiger partial charge is 0.309 e. The molecule has 2 aromatic rings. The van der Waals surface area contributed by atoms with Crippen LogP contribution < -0.4 is 5.32 Å². The molecular formula is C15H18BrN3. The molecular weight excluding hydrogens is 302 g/mol. The van der Waals surface area contributed by atoms with Gasteiger partial charge in [-0.2, -0.15) is 0 Å². The number of rotatable bonds is 5. The van der Waals surface area contributed by atoms with Crippen molar-refractivity contribution in [2.24, 2.45) is 0 Å². The van der Waals surface area contributed by atoms with Crippen LogP contribution >= 0.6 is 15.9 Å². The Kier molecular flexibility index (Phi) is 5.05. The first-order valence-corrected chi connectivity index (χ1v) is 7.24. The topological polar surface area (TPSA) is 37.8 Å². The molecule has 4 heteroatoms. The van der Waals surface area contributed by atoms with Gasteiger partial charge in [-0.3, -0.25) is 9.97 Å². The molecule has 0 radical (unpaired) electrons. The molecule has 19 heavy (non-hydrogen) atoms. The van der Waals surface area contributed by atoms with E-state index in [4.69, 9.17) is 0 Å². The summed E-state index contributed by atoms with van der Waals surface area (Å²) < 4.78 is 1.01. The molecule has 0 spiro atoms. The van der Waals surface area contributed by atoms with Crippen molar-refractivity contribution in [2.75, 3.05) is 6.54 Å². The maximum atomic E-state index is 4.52. The third-order valence-electron chi connectivity index (χ3n) is 3.03. The van der Waals surface area contributed by atoms with Crippen molar-refractivity contribution in [2.45, 2.75) is 26.3 Å². The molecule has 2 heterocycles. The van der Waals surface area contributed by atoms with E-state index in [0.29, 0.717) is 0 Å². The first-order valence-electron chi connectivity index (χ1n) is 6.45. The maximum Gasteiger partial charge on any atom is 0.0605 e. The molecule has 0 saturated carbocycles. The summed E-state index contributed by atoms with van der Waals surface area (Å²) in [5, 5.41) is 3.50. The molecule has 0 aromatic carbocycles. The Balaban J connectivity index is 2.24. The quantitative estimate of drug-likeness (QED) is 0.917. The van der Waals surface area contributed by atoms with E-state index in [1.807, 2.05) is 18.5 Å². The fourth-order valence-electron chi connectivity index (χ4n) is 2.18. The van der Waals surface area contributed by atoms with E-state index in [2.05, 4.69) is 57.2 Å². The van der Waals surface area contributed by atoms with Crippen molar-refractivity contribution in [3.8, 4) is 0 Å². The number of nitrogens with one attached hydrogen (secondary N) is 1. The summed E-state index contributed by atoms with van der Waals surface area (Å²) in [7, 11) is 0. The van der Waals surface area contributed by atoms with E-state index in [1.165, 1.54) is 11.1 Å². The molecule has 3 nitrogen and oxygen atoms in total. The Morgan fingerprint density at radius 2 is 2.21 bits per heavy atom. The molecule has 1 unspecified atom stereocenters. The van der Waals surface area contributed by atoms with Crippen molar-refractivity contribution in [1.82, 2.24) is 15.3 Å². The molecule has 0 aliphatic heterocycles. The van der Waals surface area contributed by atoms with Crippen molar-refractivity contribution in [3.05, 3.63) is 58.1 Å². The minimum absolute atomic E-state index is 0.224. The Hall–Kier alpha value is -1.26. The summed E-state index contributed by atoms with van der Waals surface area (Å²) in [6, 6.07) is 6.41. The van der Waals surface area contributed by atoms with Crippen LogP contribution in [0.15, 0.2) is 41.3 Å². The van der Waals surface area contributed by atoms with Gasteiger partial charge in [-0.1, -0.05) is 13.0 Å². The molecule has 0 bridgehead atoms. The van der Waals surface area contributed by atoms with Gasteiger partial charge in [-0.25, -0.2) is 0 Å². The number of hydrogen-bond donors (Lipinski definition) is 1. The summed E-state index contributed by atoms with van der Waals surface area (Å²) in [6.45, 7) is 5.14. The number of hydrogen-bond acceptors (Lipinski definition) is 3. The van der Waals surface area contributed by atoms with Crippen LogP contribution in [0.5, 0.6) is 0 Å². The molecule has 0 aliphatic rings. The number of nitrogens with zero attached hydrogens (tertiary/aromatic N) is 2. The Labute approximate surface area is 122 Å². The monoisotopic (exact) mass is 319 g/mol. The smallest absolute Gasteiger partial charge is 0.0605 e. The Morgan fingerprint density at radius 1 is 1.37 bits per heavy atom. The number of aromatic nitrogens is 2. The van der Waals surface area contributed by atoms with Gasteiger partial charge in [0.1, 0.15) is 0 Å². The van der Waals surface area contributed by atoms with Gasteiger partial charge in [0.05, 0.1) is 11.7 Å². The van der Waals surface area contributed by atoms with E-state index in [-0.39, 0.29) is 6.04 Å². The Bertz CT molecular complexity index is 542. The minimum Gasteiger partial charge on any atom is -0.309 e. The fourth-order valence-corrected chi connectivity index (χ4v) is 2.59. The highest BCUT2D eigenvalue weighted by Crippen LogP contribution is 2.20. The second kappa shape index (κ2) is 6.78. The number of halogens is 1. The van der Waals surface area contributed by atoms with Crippen molar-refractivity contribution in [3.63, 3.8) is 0 Å². The lowest BCUT2D eigenvalue weighted by Gasteiger charge is -2.19. The molecule has 1 atom stereocenters. The van der Waals surface area contributed by atoms with Crippen LogP contribution in [0.1, 0.15) is 29.8 Å². The zero-order valence-electron chi connectivity index (χ0n) is 11.2. The van der Waals surface area contributed by atoms with E-state index in [9.17, 15) is 0 Å². The molecule has 1 N–H and O–H groups in total. The van der Waals surface area contributed by atoms with Gasteiger partial charge in [-0.15, -0.1) is 0 Å². The molecule has 0 amide bonds. The molecule has 0 fully saturated rings. The lowest BCUT2D eigenvalue weighted by molar-refractivity contribution is 0.533. The SMILES string of the molecule is CCNC(Cc1cncc(Br)c1)c1ncccc1C. The second-order valence-corrected chi connectivity index (χ2v) is 5.45. The van der Waals surface area contributed by atoms with Gasteiger partial charge >= 0.3 is 0 Å². The zero-order valence-corrected chi connectivity index (χ0v) is 12.8. The lowest BCUT2D eigenvalue weighted by atomic mass is 10.0. The van der Waals surface area contributed by atoms with E-state index in [0.717, 1.165) is 23.1 Å². The zero-order chi connectivity index (χ0) is 13.7. The van der Waals surface area contributed by atoms with Gasteiger partial charge in [0, 0.05) is 23.1 Å². The van der Waals surface area contributed by atoms with Crippen molar-refractivity contribution >= 4 is 15.9 Å². The van der Waals surface area contributed by atoms with Crippen LogP contribution in [0.3, 0.4) is 0 Å². The van der Waals surface area contributed by atoms with Gasteiger partial charge in [-0.05, 0) is 59.1 Å². The summed E-state index contributed by atoms with van der Waals surface area (Å²) in [4.78, 5) is 8.74. The highest BCUT2D eigenvalue weighted by Gasteiger charge is 2.14. The maximum absolute atomic E-state index is 4.52. The highest BCUT2D eigenvalue weighted by atomic mass is 79.9. The predicted molar refractivity (Wildman–Crippen MR) is 81.0 cm³/mol. The predicted octanol–water partition coefficient (Wildman–Crippen LogP) is 3.44. The minimum atomic E-state index is 0.224. The van der Waals surface area contributed by atoms with Crippen molar-refractivity contribution in [1.29, 1.82) is 0 Å². The van der Waals surface area contributed by atoms with Crippen LogP contribution in [0.2, 0.25) is 0 Å². The van der Waals surface area contributed by atoms with E-state index >= 15 is 0 Å². The molecule has 0 saturated heterocycles. The number of likely N-dealkylation sites (N-methyl/N-ethyl adjacent to an activating group) is 1. The average molecular weight is 320 g/mol. The average Bonchev–Trinajstić information content (AvgIpc) is 2.39. The number of pyridine rings is 2. The first-order chi connectivity index (χ1) is 9.20. The van der Waals surface area contributed by atoms with Gasteiger partial charge in [0.25, 0.3) is 0 Å². The summed E-state index contributed by atoms with van der Waals surface area (Å²) >= 11 is 3.46. The van der Waals surface area contributed by atoms with Gasteiger partial charge < -0.3 is 5.32 Å². The molecule has 0 aliphatic carbocycles. The highest BCUT2D eigenvalue weighted by molar-refractivity contribution is 9.10. The molecule has 2 aromatic heterocycles. The van der Waals surface area contributed by atoms with Crippen LogP contribution in [-0.4, -0.2) is 16.5 Å². The summed E-state index contributed by atoms with van der Waals surface area (Å²) in [6.07, 6.45) is 6.45. The van der Waals surface area contributed by atoms with Crippen LogP contribution in [0.25, 0.3) is 0 Å². The third kappa shape index (κ3) is 3.85. The van der Waals surface area contributed by atoms with E-state index in [1.54, 1.807) is 6.20 Å². The normalized spacial score (nSPS) is 12.4. The molecule has 100 valence electrons. The summed E-state index contributed by atoms with van der Waals surface area (Å²) in [5.74, 6) is 0. The van der Waals surface area contributed by atoms with Crippen LogP contribution in [0.4, 0.5) is 0 Å². The van der Waals surface area contributed by atoms with Crippen LogP contribution in [-0.2, 0) is 6.42 Å². The lowest BCUT2D eigenvalue weighted by Crippen LogP contribution is -2.24. The second-order valence-electron chi connectivity index (χ2n) is 4.53. The third-order valence-corrected chi connectivity index (χ3v) is 3.47.